The zero-order chi connectivity index (χ0) is 19.4. The number of hydrogen-bond acceptors (Lipinski definition) is 5. The van der Waals surface area contributed by atoms with Crippen LogP contribution in [0.3, 0.4) is 0 Å². The average Bonchev–Trinajstić information content (AvgIpc) is 2.96. The Balaban J connectivity index is 0.000000260. The quantitative estimate of drug-likeness (QED) is 0.771. The fourth-order valence-electron chi connectivity index (χ4n) is 2.73. The lowest BCUT2D eigenvalue weighted by molar-refractivity contribution is -0.192. The number of rotatable bonds is 6. The summed E-state index contributed by atoms with van der Waals surface area (Å²) < 4.78 is 37.5. The van der Waals surface area contributed by atoms with E-state index in [-0.39, 0.29) is 0 Å². The first-order chi connectivity index (χ1) is 12.8. The van der Waals surface area contributed by atoms with Crippen molar-refractivity contribution in [3.05, 3.63) is 39.3 Å². The van der Waals surface area contributed by atoms with Gasteiger partial charge in [-0.15, -0.1) is 11.3 Å². The van der Waals surface area contributed by atoms with Crippen molar-refractivity contribution in [2.24, 2.45) is 5.92 Å². The minimum absolute atomic E-state index is 0.662. The molecule has 1 fully saturated rings. The third-order valence-electron chi connectivity index (χ3n) is 4.29. The largest absolute Gasteiger partial charge is 0.490 e. The molecule has 2 aromatic heterocycles. The van der Waals surface area contributed by atoms with Gasteiger partial charge in [-0.1, -0.05) is 6.07 Å². The van der Waals surface area contributed by atoms with E-state index in [1.54, 1.807) is 0 Å². The van der Waals surface area contributed by atoms with Crippen LogP contribution >= 0.6 is 11.3 Å². The van der Waals surface area contributed by atoms with Gasteiger partial charge in [0.25, 0.3) is 0 Å². The highest BCUT2D eigenvalue weighted by atomic mass is 32.1. The number of fused-ring (bicyclic) bond motifs is 1. The van der Waals surface area contributed by atoms with E-state index in [4.69, 9.17) is 14.6 Å². The normalized spacial score (nSPS) is 16.7. The van der Waals surface area contributed by atoms with E-state index in [2.05, 4.69) is 32.6 Å². The molecule has 1 aliphatic carbocycles. The first kappa shape index (κ1) is 19.8. The summed E-state index contributed by atoms with van der Waals surface area (Å²) in [6.45, 7) is 4.56. The molecule has 0 spiro atoms. The molecule has 10 heteroatoms. The Morgan fingerprint density at radius 3 is 2.74 bits per heavy atom. The van der Waals surface area contributed by atoms with Crippen LogP contribution in [0.4, 0.5) is 13.2 Å². The molecule has 0 aromatic carbocycles. The van der Waals surface area contributed by atoms with Gasteiger partial charge in [0.1, 0.15) is 0 Å². The van der Waals surface area contributed by atoms with Crippen molar-refractivity contribution in [2.45, 2.75) is 45.3 Å². The zero-order valence-electron chi connectivity index (χ0n) is 14.5. The third-order valence-corrected chi connectivity index (χ3v) is 5.15. The maximum Gasteiger partial charge on any atom is 0.490 e. The highest BCUT2D eigenvalue weighted by molar-refractivity contribution is 7.09. The summed E-state index contributed by atoms with van der Waals surface area (Å²) in [5.74, 6) is -1.94. The Morgan fingerprint density at radius 1 is 1.41 bits per heavy atom. The molecule has 1 aliphatic heterocycles. The Kier molecular flexibility index (Phi) is 6.18. The molecule has 0 saturated heterocycles. The Bertz CT molecular complexity index is 757. The average molecular weight is 403 g/mol. The summed E-state index contributed by atoms with van der Waals surface area (Å²) in [4.78, 5) is 12.8. The maximum atomic E-state index is 10.6. The minimum atomic E-state index is -5.08. The fraction of sp³-hybridized carbons (Fsp3) is 0.529. The van der Waals surface area contributed by atoms with Gasteiger partial charge in [-0.3, -0.25) is 10.00 Å². The SMILES string of the molecule is O=C(O)C(F)(F)F.c1csc(CN2Cc3[nH]nc(COCC4CC4)c3C2)c1. The number of H-pyrrole nitrogens is 1. The second kappa shape index (κ2) is 8.41. The molecule has 0 amide bonds. The van der Waals surface area contributed by atoms with Crippen molar-refractivity contribution in [3.8, 4) is 0 Å². The lowest BCUT2D eigenvalue weighted by atomic mass is 10.2. The van der Waals surface area contributed by atoms with Gasteiger partial charge in [0.05, 0.1) is 18.0 Å². The van der Waals surface area contributed by atoms with E-state index in [0.717, 1.165) is 37.9 Å². The van der Waals surface area contributed by atoms with Crippen molar-refractivity contribution in [3.63, 3.8) is 0 Å². The molecule has 0 radical (unpaired) electrons. The van der Waals surface area contributed by atoms with Gasteiger partial charge >= 0.3 is 12.1 Å². The Hall–Kier alpha value is -1.91. The maximum absolute atomic E-state index is 10.6. The van der Waals surface area contributed by atoms with Crippen LogP contribution in [-0.4, -0.2) is 39.0 Å². The van der Waals surface area contributed by atoms with Crippen molar-refractivity contribution in [1.29, 1.82) is 0 Å². The number of carboxylic acid groups (broad SMARTS) is 1. The van der Waals surface area contributed by atoms with E-state index in [0.29, 0.717) is 6.61 Å². The van der Waals surface area contributed by atoms with E-state index in [1.807, 2.05) is 11.3 Å². The van der Waals surface area contributed by atoms with Gasteiger partial charge in [-0.2, -0.15) is 18.3 Å². The first-order valence-electron chi connectivity index (χ1n) is 8.50. The predicted molar refractivity (Wildman–Crippen MR) is 91.9 cm³/mol. The van der Waals surface area contributed by atoms with Crippen LogP contribution in [0.25, 0.3) is 0 Å². The highest BCUT2D eigenvalue weighted by Gasteiger charge is 2.38. The standard InChI is InChI=1S/C15H19N3OS.C2HF3O2/c1-2-12(20-5-1)6-18-7-13-14(8-18)16-17-15(13)10-19-9-11-3-4-11;3-2(4,5)1(6)7/h1-2,5,11H,3-4,6-10H2,(H,16,17);(H,6,7). The number of carbonyl (C=O) groups is 1. The molecule has 1 saturated carbocycles. The van der Waals surface area contributed by atoms with Crippen LogP contribution in [0.15, 0.2) is 17.5 Å². The van der Waals surface area contributed by atoms with E-state index >= 15 is 0 Å². The number of halogens is 3. The monoisotopic (exact) mass is 403 g/mol. The molecule has 0 atom stereocenters. The molecule has 3 heterocycles. The van der Waals surface area contributed by atoms with Gasteiger partial charge in [0.2, 0.25) is 0 Å². The highest BCUT2D eigenvalue weighted by Crippen LogP contribution is 2.30. The number of alkyl halides is 3. The number of nitrogens with one attached hydrogen (secondary N) is 1. The van der Waals surface area contributed by atoms with E-state index in [1.165, 1.54) is 29.0 Å². The number of ether oxygens (including phenoxy) is 1. The second-order valence-electron chi connectivity index (χ2n) is 6.61. The summed E-state index contributed by atoms with van der Waals surface area (Å²) in [5, 5.41) is 16.9. The molecule has 148 valence electrons. The number of nitrogens with zero attached hydrogens (tertiary/aromatic N) is 2. The number of aliphatic carboxylic acids is 1. The lowest BCUT2D eigenvalue weighted by Gasteiger charge is -2.13. The first-order valence-corrected chi connectivity index (χ1v) is 9.38. The molecular weight excluding hydrogens is 383 g/mol. The van der Waals surface area contributed by atoms with Crippen molar-refractivity contribution in [1.82, 2.24) is 15.1 Å². The number of aromatic nitrogens is 2. The van der Waals surface area contributed by atoms with Gasteiger partial charge in [0, 0.05) is 36.7 Å². The van der Waals surface area contributed by atoms with Gasteiger partial charge < -0.3 is 9.84 Å². The van der Waals surface area contributed by atoms with Crippen molar-refractivity contribution >= 4 is 17.3 Å². The molecule has 0 unspecified atom stereocenters. The van der Waals surface area contributed by atoms with E-state index in [9.17, 15) is 13.2 Å². The summed E-state index contributed by atoms with van der Waals surface area (Å²) in [6.07, 6.45) is -2.40. The number of thiophene rings is 1. The molecule has 4 rings (SSSR count). The molecule has 27 heavy (non-hydrogen) atoms. The molecule has 2 aliphatic rings. The van der Waals surface area contributed by atoms with Crippen LogP contribution in [-0.2, 0) is 35.8 Å². The molecule has 2 N–H and O–H groups in total. The number of carboxylic acids is 1. The second-order valence-corrected chi connectivity index (χ2v) is 7.65. The summed E-state index contributed by atoms with van der Waals surface area (Å²) in [7, 11) is 0. The Labute approximate surface area is 157 Å². The topological polar surface area (TPSA) is 78.5 Å². The van der Waals surface area contributed by atoms with Gasteiger partial charge in [0.15, 0.2) is 0 Å². The van der Waals surface area contributed by atoms with Crippen LogP contribution in [0.5, 0.6) is 0 Å². The summed E-state index contributed by atoms with van der Waals surface area (Å²) in [5.41, 5.74) is 3.73. The minimum Gasteiger partial charge on any atom is -0.475 e. The molecule has 0 bridgehead atoms. The van der Waals surface area contributed by atoms with Crippen molar-refractivity contribution < 1.29 is 27.8 Å². The lowest BCUT2D eigenvalue weighted by Crippen LogP contribution is -2.21. The van der Waals surface area contributed by atoms with Crippen LogP contribution in [0.1, 0.15) is 34.7 Å². The molecular formula is C17H20F3N3O3S. The van der Waals surface area contributed by atoms with Crippen LogP contribution in [0.2, 0.25) is 0 Å². The van der Waals surface area contributed by atoms with E-state index < -0.39 is 12.1 Å². The molecule has 2 aromatic rings. The summed E-state index contributed by atoms with van der Waals surface area (Å²) in [6, 6.07) is 4.32. The molecule has 6 nitrogen and oxygen atoms in total. The fourth-order valence-corrected chi connectivity index (χ4v) is 3.47. The Morgan fingerprint density at radius 2 is 2.15 bits per heavy atom. The zero-order valence-corrected chi connectivity index (χ0v) is 15.3. The smallest absolute Gasteiger partial charge is 0.475 e. The number of hydrogen-bond donors (Lipinski definition) is 2. The van der Waals surface area contributed by atoms with Crippen LogP contribution in [0, 0.1) is 5.92 Å². The third kappa shape index (κ3) is 5.78. The number of aromatic amines is 1. The predicted octanol–water partition coefficient (Wildman–Crippen LogP) is 3.55. The van der Waals surface area contributed by atoms with Crippen LogP contribution < -0.4 is 0 Å². The van der Waals surface area contributed by atoms with Gasteiger partial charge in [-0.25, -0.2) is 4.79 Å². The van der Waals surface area contributed by atoms with Gasteiger partial charge in [-0.05, 0) is 30.2 Å². The van der Waals surface area contributed by atoms with Crippen molar-refractivity contribution in [2.75, 3.05) is 6.61 Å². The summed E-state index contributed by atoms with van der Waals surface area (Å²) >= 11 is 1.83.